The SMILES string of the molecule is Cc1c(-c2ccc(N3CCc4cccc(C(=O)Nc5nc6ccccc6s5)c4C3)nc2C(=O)O)cnn1CC1(C)CC2(C)CC(C)CC(OCCN(C)C(=O)[C@H](CCCC[N+](C)(C)C)CC(=O)OCc3ccc(NC(=O)[C@H](CCCNC(N)=O)NC(=O)[C@@H](CC(=O)CCCCCN4C(=O)C=CC4=O)C(C)C)cc3)(C2)C1. The van der Waals surface area contributed by atoms with Gasteiger partial charge >= 0.3 is 18.0 Å². The first kappa shape index (κ1) is 82.8. The second-order valence-corrected chi connectivity index (χ2v) is 34.0. The van der Waals surface area contributed by atoms with E-state index in [4.69, 9.17) is 25.3 Å². The van der Waals surface area contributed by atoms with Crippen LogP contribution in [0, 0.1) is 41.4 Å². The number of carboxylic acids is 1. The number of hydrogen-bond donors (Lipinski definition) is 6. The molecule has 4 unspecified atom stereocenters. The zero-order valence-electron chi connectivity index (χ0n) is 65.4. The van der Waals surface area contributed by atoms with Gasteiger partial charge in [0.25, 0.3) is 17.7 Å². The van der Waals surface area contributed by atoms with Gasteiger partial charge < -0.3 is 50.5 Å². The van der Waals surface area contributed by atoms with Crippen LogP contribution in [0.1, 0.15) is 181 Å². The maximum absolute atomic E-state index is 14.6. The summed E-state index contributed by atoms with van der Waals surface area (Å²) in [5.41, 5.74) is 10.6. The van der Waals surface area contributed by atoms with E-state index in [1.807, 2.05) is 85.0 Å². The average molecular weight is 1530 g/mol. The van der Waals surface area contributed by atoms with Crippen molar-refractivity contribution in [3.05, 3.63) is 131 Å². The van der Waals surface area contributed by atoms with Crippen molar-refractivity contribution in [2.75, 3.05) is 83.1 Å². The number of thiazole rings is 1. The van der Waals surface area contributed by atoms with Gasteiger partial charge in [0.15, 0.2) is 10.8 Å². The molecule has 8 amide bonds. The standard InChI is InChI=1S/C83H109N13O13S/c1-53(2)63(43-60(97)22-12-11-16-37-94-70(98)33-34-71(94)99)75(102)88-67(25-19-36-85-79(84)107)76(103)87-59-29-27-56(28-30-59)48-108-72(100)42-58(20-15-17-40-96(8,9)10)77(104)92(7)39-41-109-83-45-54(3)44-81(5,50-83)49-82(6,51-83)52-95-55(4)64(46-86-95)61-31-32-69(90-73(61)78(105)106)93-38-35-57-21-18-23-62(65(57)47-93)74(101)91-80-89-66-24-13-14-26-68(66)110-80/h13-14,18,21,23-24,26-34,46,53-54,58,63,67H,11-12,15-17,19-20,22,25,35-45,47-52H2,1-10H3,(H6-,84,85,87,88,89,91,101,102,103,105,106,107)/p+1/t54?,58-,63+,67+,81?,82?,83?/m1/s1. The second kappa shape index (κ2) is 36.4. The third-order valence-electron chi connectivity index (χ3n) is 21.9. The average Bonchev–Trinajstić information content (AvgIpc) is 0.838. The molecule has 7 N–H and O–H groups in total. The molecule has 2 aliphatic heterocycles. The van der Waals surface area contributed by atoms with E-state index < -0.39 is 53.3 Å². The van der Waals surface area contributed by atoms with Crippen LogP contribution in [0.2, 0.25) is 0 Å². The lowest BCUT2D eigenvalue weighted by atomic mass is 9.51. The van der Waals surface area contributed by atoms with E-state index in [1.165, 1.54) is 23.5 Å². The minimum atomic E-state index is -1.16. The monoisotopic (exact) mass is 1530 g/mol. The normalized spacial score (nSPS) is 19.7. The highest BCUT2D eigenvalue weighted by molar-refractivity contribution is 7.22. The number of amides is 8. The number of nitrogens with two attached hydrogens (primary N) is 1. The molecule has 27 heteroatoms. The number of fused-ring (bicyclic) bond motifs is 4. The molecule has 3 aromatic heterocycles. The summed E-state index contributed by atoms with van der Waals surface area (Å²) in [5.74, 6) is -4.68. The number of esters is 1. The van der Waals surface area contributed by atoms with Crippen LogP contribution in [0.15, 0.2) is 97.2 Å². The van der Waals surface area contributed by atoms with E-state index >= 15 is 0 Å². The Kier molecular flexibility index (Phi) is 27.4. The Hall–Kier alpha value is -9.73. The minimum Gasteiger partial charge on any atom is -0.476 e. The molecule has 2 aliphatic carbocycles. The molecule has 0 radical (unpaired) electrons. The van der Waals surface area contributed by atoms with E-state index in [9.17, 15) is 53.1 Å². The number of hydrogen-bond acceptors (Lipinski definition) is 17. The van der Waals surface area contributed by atoms with Crippen molar-refractivity contribution in [1.29, 1.82) is 0 Å². The summed E-state index contributed by atoms with van der Waals surface area (Å²) >= 11 is 1.41. The van der Waals surface area contributed by atoms with Crippen LogP contribution in [0.25, 0.3) is 21.3 Å². The molecular weight excluding hydrogens is 1420 g/mol. The van der Waals surface area contributed by atoms with Crippen molar-refractivity contribution in [3.8, 4) is 11.1 Å². The summed E-state index contributed by atoms with van der Waals surface area (Å²) in [7, 11) is 8.12. The summed E-state index contributed by atoms with van der Waals surface area (Å²) in [5, 5.41) is 27.5. The summed E-state index contributed by atoms with van der Waals surface area (Å²) in [6, 6.07) is 22.1. The number of aromatic carboxylic acids is 1. The fraction of sp³-hybridized carbons (Fsp3) is 0.530. The number of carbonyl (C=O) groups is 10. The maximum Gasteiger partial charge on any atom is 0.355 e. The second-order valence-electron chi connectivity index (χ2n) is 33.0. The Bertz CT molecular complexity index is 4340. The molecule has 590 valence electrons. The van der Waals surface area contributed by atoms with Gasteiger partial charge in [-0.1, -0.05) is 88.8 Å². The number of benzene rings is 3. The van der Waals surface area contributed by atoms with Gasteiger partial charge in [0.05, 0.1) is 62.7 Å². The molecule has 110 heavy (non-hydrogen) atoms. The van der Waals surface area contributed by atoms with Crippen molar-refractivity contribution in [3.63, 3.8) is 0 Å². The molecule has 0 spiro atoms. The number of carbonyl (C=O) groups excluding carboxylic acids is 9. The number of ketones is 1. The predicted octanol–water partition coefficient (Wildman–Crippen LogP) is 11.4. The molecule has 0 saturated heterocycles. The van der Waals surface area contributed by atoms with E-state index in [0.29, 0.717) is 110 Å². The number of aromatic nitrogens is 4. The Balaban J connectivity index is 0.729. The number of carboxylic acid groups (broad SMARTS) is 1. The number of rotatable bonds is 38. The number of urea groups is 1. The third-order valence-corrected chi connectivity index (χ3v) is 22.9. The van der Waals surface area contributed by atoms with Gasteiger partial charge in [0, 0.05) is 111 Å². The number of likely N-dealkylation sites (N-methyl/N-ethyl adjacent to an activating group) is 1. The number of primary amides is 1. The zero-order valence-corrected chi connectivity index (χ0v) is 66.2. The van der Waals surface area contributed by atoms with E-state index in [1.54, 1.807) is 42.4 Å². The smallest absolute Gasteiger partial charge is 0.355 e. The van der Waals surface area contributed by atoms with Crippen LogP contribution < -0.4 is 31.9 Å². The lowest BCUT2D eigenvalue weighted by molar-refractivity contribution is -0.870. The highest BCUT2D eigenvalue weighted by Gasteiger charge is 2.56. The summed E-state index contributed by atoms with van der Waals surface area (Å²) in [4.78, 5) is 146. The number of para-hydroxylation sites is 1. The van der Waals surface area contributed by atoms with Gasteiger partial charge in [0.1, 0.15) is 24.2 Å². The number of imide groups is 1. The molecule has 7 atom stereocenters. The first-order valence-corrected chi connectivity index (χ1v) is 39.5. The fourth-order valence-corrected chi connectivity index (χ4v) is 18.0. The predicted molar refractivity (Wildman–Crippen MR) is 421 cm³/mol. The number of unbranched alkanes of at least 4 members (excludes halogenated alkanes) is 3. The summed E-state index contributed by atoms with van der Waals surface area (Å²) in [6.45, 7) is 15.9. The van der Waals surface area contributed by atoms with Crippen molar-refractivity contribution < 1.29 is 67.0 Å². The first-order valence-electron chi connectivity index (χ1n) is 38.7. The van der Waals surface area contributed by atoms with Crippen LogP contribution >= 0.6 is 11.3 Å². The van der Waals surface area contributed by atoms with E-state index in [-0.39, 0.29) is 104 Å². The molecule has 4 aliphatic rings. The number of pyridine rings is 1. The summed E-state index contributed by atoms with van der Waals surface area (Å²) < 4.78 is 16.7. The molecular formula is C83H110N13O13S+. The zero-order chi connectivity index (χ0) is 79.2. The highest BCUT2D eigenvalue weighted by atomic mass is 32.1. The van der Waals surface area contributed by atoms with Crippen LogP contribution in [-0.4, -0.2) is 177 Å². The molecule has 6 aromatic rings. The quantitative estimate of drug-likeness (QED) is 0.00908. The number of nitrogens with zero attached hydrogens (tertiary/aromatic N) is 8. The van der Waals surface area contributed by atoms with Gasteiger partial charge in [-0.2, -0.15) is 5.10 Å². The number of anilines is 3. The lowest BCUT2D eigenvalue weighted by Gasteiger charge is -2.58. The third kappa shape index (κ3) is 22.1. The van der Waals surface area contributed by atoms with Gasteiger partial charge in [0.2, 0.25) is 17.7 Å². The van der Waals surface area contributed by atoms with Gasteiger partial charge in [-0.25, -0.2) is 19.6 Å². The number of ether oxygens (including phenoxy) is 2. The Morgan fingerprint density at radius 3 is 2.29 bits per heavy atom. The largest absolute Gasteiger partial charge is 0.476 e. The molecule has 2 saturated carbocycles. The number of Topliss-reactive ketones (excluding diaryl/α,β-unsaturated/α-hetero) is 1. The van der Waals surface area contributed by atoms with Gasteiger partial charge in [-0.15, -0.1) is 0 Å². The molecule has 3 aromatic carbocycles. The Morgan fingerprint density at radius 1 is 0.818 bits per heavy atom. The van der Waals surface area contributed by atoms with E-state index in [0.717, 1.165) is 87.9 Å². The molecule has 2 fully saturated rings. The van der Waals surface area contributed by atoms with E-state index in [2.05, 4.69) is 68.2 Å². The molecule has 5 heterocycles. The van der Waals surface area contributed by atoms with Crippen molar-refractivity contribution in [1.82, 2.24) is 40.2 Å². The lowest BCUT2D eigenvalue weighted by Crippen LogP contribution is -2.55. The van der Waals surface area contributed by atoms with Crippen LogP contribution in [0.4, 0.5) is 21.4 Å². The Morgan fingerprint density at radius 2 is 1.57 bits per heavy atom. The number of quaternary nitrogens is 1. The van der Waals surface area contributed by atoms with Crippen LogP contribution in [-0.2, 0) is 69.2 Å². The van der Waals surface area contributed by atoms with Gasteiger partial charge in [-0.3, -0.25) is 53.3 Å². The molecule has 2 bridgehead atoms. The fourth-order valence-electron chi connectivity index (χ4n) is 17.1. The van der Waals surface area contributed by atoms with Crippen molar-refractivity contribution in [2.24, 2.45) is 40.2 Å². The highest BCUT2D eigenvalue weighted by Crippen LogP contribution is 2.60. The minimum absolute atomic E-state index is 0.0409. The van der Waals surface area contributed by atoms with Gasteiger partial charge in [-0.05, 0) is 172 Å². The maximum atomic E-state index is 14.6. The first-order chi connectivity index (χ1) is 52.2. The Labute approximate surface area is 648 Å². The topological polar surface area (TPSA) is 337 Å². The summed E-state index contributed by atoms with van der Waals surface area (Å²) in [6.07, 6.45) is 13.5. The molecule has 26 nitrogen and oxygen atoms in total. The van der Waals surface area contributed by atoms with Crippen LogP contribution in [0.3, 0.4) is 0 Å². The van der Waals surface area contributed by atoms with Crippen LogP contribution in [0.5, 0.6) is 0 Å². The van der Waals surface area contributed by atoms with Crippen molar-refractivity contribution >= 4 is 97.4 Å². The molecule has 10 rings (SSSR count). The van der Waals surface area contributed by atoms with Crippen molar-refractivity contribution in [2.45, 2.75) is 182 Å². The number of nitrogens with one attached hydrogen (secondary N) is 4.